The van der Waals surface area contributed by atoms with E-state index in [4.69, 9.17) is 4.42 Å². The number of furan rings is 1. The van der Waals surface area contributed by atoms with Gasteiger partial charge in [-0.25, -0.2) is 0 Å². The van der Waals surface area contributed by atoms with Crippen molar-refractivity contribution in [3.05, 3.63) is 158 Å². The number of para-hydroxylation sites is 2. The number of fused-ring (bicyclic) bond motifs is 4. The Morgan fingerprint density at radius 2 is 0.822 bits per heavy atom. The second-order valence-electron chi connectivity index (χ2n) is 12.0. The van der Waals surface area contributed by atoms with Crippen molar-refractivity contribution < 1.29 is 4.42 Å². The van der Waals surface area contributed by atoms with Crippen molar-refractivity contribution in [3.63, 3.8) is 0 Å². The average Bonchev–Trinajstić information content (AvgIpc) is 3.49. The summed E-state index contributed by atoms with van der Waals surface area (Å²) in [4.78, 5) is 0. The van der Waals surface area contributed by atoms with Crippen LogP contribution < -0.4 is 0 Å². The van der Waals surface area contributed by atoms with Gasteiger partial charge in [0, 0.05) is 16.3 Å². The van der Waals surface area contributed by atoms with E-state index < -0.39 is 0 Å². The molecule has 0 radical (unpaired) electrons. The number of hydrogen-bond acceptors (Lipinski definition) is 1. The summed E-state index contributed by atoms with van der Waals surface area (Å²) in [5.74, 6) is 0. The molecule has 0 bridgehead atoms. The number of benzene rings is 9. The molecule has 0 saturated heterocycles. The first-order chi connectivity index (χ1) is 22.3. The van der Waals surface area contributed by atoms with E-state index >= 15 is 0 Å². The lowest BCUT2D eigenvalue weighted by Gasteiger charge is -2.17. The highest BCUT2D eigenvalue weighted by molar-refractivity contribution is 6.28. The van der Waals surface area contributed by atoms with Crippen LogP contribution in [0.5, 0.6) is 0 Å². The Hall–Kier alpha value is -5.92. The Labute approximate surface area is 259 Å². The third-order valence-electron chi connectivity index (χ3n) is 9.66. The Kier molecular flexibility index (Phi) is 5.06. The van der Waals surface area contributed by atoms with Gasteiger partial charge in [0.05, 0.1) is 0 Å². The van der Waals surface area contributed by atoms with E-state index in [-0.39, 0.29) is 0 Å². The first-order valence-corrected chi connectivity index (χ1v) is 15.5. The smallest absolute Gasteiger partial charge is 0.143 e. The number of rotatable bonds is 3. The van der Waals surface area contributed by atoms with Crippen LogP contribution in [-0.4, -0.2) is 0 Å². The first-order valence-electron chi connectivity index (χ1n) is 15.5. The molecule has 0 atom stereocenters. The third kappa shape index (κ3) is 3.56. The molecule has 0 N–H and O–H groups in total. The van der Waals surface area contributed by atoms with E-state index in [9.17, 15) is 0 Å². The van der Waals surface area contributed by atoms with Crippen LogP contribution in [0.3, 0.4) is 0 Å². The Morgan fingerprint density at radius 1 is 0.289 bits per heavy atom. The molecule has 0 amide bonds. The van der Waals surface area contributed by atoms with Crippen LogP contribution >= 0.6 is 0 Å². The molecule has 1 heteroatoms. The van der Waals surface area contributed by atoms with Gasteiger partial charge in [0.15, 0.2) is 0 Å². The zero-order chi connectivity index (χ0) is 29.5. The van der Waals surface area contributed by atoms with Gasteiger partial charge in [0.2, 0.25) is 0 Å². The molecule has 9 aromatic carbocycles. The lowest BCUT2D eigenvalue weighted by atomic mass is 9.86. The highest BCUT2D eigenvalue weighted by Gasteiger charge is 2.17. The fourth-order valence-corrected chi connectivity index (χ4v) is 7.55. The fourth-order valence-electron chi connectivity index (χ4n) is 7.55. The van der Waals surface area contributed by atoms with E-state index in [0.29, 0.717) is 0 Å². The maximum Gasteiger partial charge on any atom is 0.143 e. The Bertz CT molecular complexity index is 2740. The summed E-state index contributed by atoms with van der Waals surface area (Å²) in [6.45, 7) is 0. The number of hydrogen-bond donors (Lipinski definition) is 0. The van der Waals surface area contributed by atoms with Gasteiger partial charge in [-0.2, -0.15) is 0 Å². The molecule has 0 aliphatic rings. The van der Waals surface area contributed by atoms with Gasteiger partial charge in [-0.1, -0.05) is 152 Å². The standard InChI is InChI=1S/C44H26O/c1-2-9-32-27(7-1)8-5-12-35(32)36-24-22-31-20-19-30-21-23-33(38-25-26-39(36)43(31)42(30)38)28-15-17-29(18-16-28)34-11-6-13-40-37-10-3-4-14-41(37)45-44(34)40/h1-26H. The second kappa shape index (κ2) is 9.29. The van der Waals surface area contributed by atoms with Crippen LogP contribution in [0.2, 0.25) is 0 Å². The third-order valence-corrected chi connectivity index (χ3v) is 9.66. The van der Waals surface area contributed by atoms with Crippen molar-refractivity contribution in [1.29, 1.82) is 0 Å². The molecule has 0 unspecified atom stereocenters. The van der Waals surface area contributed by atoms with Crippen LogP contribution in [0.15, 0.2) is 162 Å². The Morgan fingerprint density at radius 3 is 1.62 bits per heavy atom. The van der Waals surface area contributed by atoms with E-state index in [1.165, 1.54) is 65.3 Å². The van der Waals surface area contributed by atoms with Crippen LogP contribution in [0.1, 0.15) is 0 Å². The molecule has 0 spiro atoms. The van der Waals surface area contributed by atoms with Gasteiger partial charge in [-0.3, -0.25) is 0 Å². The lowest BCUT2D eigenvalue weighted by molar-refractivity contribution is 0.670. The molecule has 208 valence electrons. The monoisotopic (exact) mass is 570 g/mol. The van der Waals surface area contributed by atoms with Gasteiger partial charge in [-0.05, 0) is 77.0 Å². The molecule has 10 rings (SSSR count). The zero-order valence-electron chi connectivity index (χ0n) is 24.4. The highest BCUT2D eigenvalue weighted by Crippen LogP contribution is 2.44. The highest BCUT2D eigenvalue weighted by atomic mass is 16.3. The molecule has 0 aliphatic heterocycles. The van der Waals surface area contributed by atoms with Gasteiger partial charge < -0.3 is 4.42 Å². The lowest BCUT2D eigenvalue weighted by Crippen LogP contribution is -1.90. The largest absolute Gasteiger partial charge is 0.455 e. The maximum atomic E-state index is 6.34. The van der Waals surface area contributed by atoms with Gasteiger partial charge in [-0.15, -0.1) is 0 Å². The van der Waals surface area contributed by atoms with Crippen LogP contribution in [-0.2, 0) is 0 Å². The molecular weight excluding hydrogens is 544 g/mol. The quantitative estimate of drug-likeness (QED) is 0.193. The van der Waals surface area contributed by atoms with Gasteiger partial charge in [0.25, 0.3) is 0 Å². The molecule has 0 fully saturated rings. The summed E-state index contributed by atoms with van der Waals surface area (Å²) >= 11 is 0. The summed E-state index contributed by atoms with van der Waals surface area (Å²) in [6.07, 6.45) is 0. The normalized spacial score (nSPS) is 12.0. The van der Waals surface area contributed by atoms with Crippen molar-refractivity contribution in [2.75, 3.05) is 0 Å². The predicted octanol–water partition coefficient (Wildman–Crippen LogP) is 12.6. The van der Waals surface area contributed by atoms with Crippen molar-refractivity contribution in [2.24, 2.45) is 0 Å². The van der Waals surface area contributed by atoms with E-state index in [0.717, 1.165) is 33.1 Å². The van der Waals surface area contributed by atoms with Crippen molar-refractivity contribution in [1.82, 2.24) is 0 Å². The molecule has 1 aromatic heterocycles. The van der Waals surface area contributed by atoms with Crippen LogP contribution in [0.4, 0.5) is 0 Å². The molecule has 1 nitrogen and oxygen atoms in total. The van der Waals surface area contributed by atoms with E-state index in [1.807, 2.05) is 12.1 Å². The van der Waals surface area contributed by atoms with Crippen molar-refractivity contribution in [3.8, 4) is 33.4 Å². The summed E-state index contributed by atoms with van der Waals surface area (Å²) in [7, 11) is 0. The molecule has 0 saturated carbocycles. The van der Waals surface area contributed by atoms with E-state index in [1.54, 1.807) is 0 Å². The van der Waals surface area contributed by atoms with Crippen molar-refractivity contribution in [2.45, 2.75) is 0 Å². The van der Waals surface area contributed by atoms with Gasteiger partial charge >= 0.3 is 0 Å². The van der Waals surface area contributed by atoms with Gasteiger partial charge in [0.1, 0.15) is 11.2 Å². The summed E-state index contributed by atoms with van der Waals surface area (Å²) in [6, 6.07) is 57.3. The zero-order valence-corrected chi connectivity index (χ0v) is 24.4. The fraction of sp³-hybridized carbons (Fsp3) is 0. The second-order valence-corrected chi connectivity index (χ2v) is 12.0. The topological polar surface area (TPSA) is 13.1 Å². The Balaban J connectivity index is 1.14. The average molecular weight is 571 g/mol. The van der Waals surface area contributed by atoms with E-state index in [2.05, 4.69) is 146 Å². The summed E-state index contributed by atoms with van der Waals surface area (Å²) in [5, 5.41) is 12.7. The van der Waals surface area contributed by atoms with Crippen LogP contribution in [0.25, 0.3) is 98.4 Å². The summed E-state index contributed by atoms with van der Waals surface area (Å²) in [5.41, 5.74) is 9.16. The minimum atomic E-state index is 0.925. The SMILES string of the molecule is c1ccc2c(-c3ccc4ccc5ccc(-c6ccc(-c7cccc8c7oc7ccccc78)cc6)c6ccc3c4c56)cccc2c1. The van der Waals surface area contributed by atoms with Crippen LogP contribution in [0, 0.1) is 0 Å². The first kappa shape index (κ1) is 24.5. The molecule has 10 aromatic rings. The molecule has 0 aliphatic carbocycles. The molecule has 1 heterocycles. The molecule has 45 heavy (non-hydrogen) atoms. The predicted molar refractivity (Wildman–Crippen MR) is 191 cm³/mol. The maximum absolute atomic E-state index is 6.34. The minimum Gasteiger partial charge on any atom is -0.455 e. The van der Waals surface area contributed by atoms with Crippen molar-refractivity contribution >= 4 is 65.0 Å². The minimum absolute atomic E-state index is 0.925. The molecular formula is C44H26O. The summed E-state index contributed by atoms with van der Waals surface area (Å²) < 4.78 is 6.34.